The molecule has 0 fully saturated rings. The van der Waals surface area contributed by atoms with Gasteiger partial charge in [-0.1, -0.05) is 24.3 Å². The van der Waals surface area contributed by atoms with E-state index in [9.17, 15) is 0 Å². The molecule has 3 heteroatoms. The first-order valence-corrected chi connectivity index (χ1v) is 6.39. The molecule has 0 aliphatic heterocycles. The molecule has 2 nitrogen and oxygen atoms in total. The van der Waals surface area contributed by atoms with Crippen LogP contribution in [0.2, 0.25) is 0 Å². The average Bonchev–Trinajstić information content (AvgIpc) is 2.35. The zero-order chi connectivity index (χ0) is 12.3. The summed E-state index contributed by atoms with van der Waals surface area (Å²) in [5, 5.41) is 4.41. The Morgan fingerprint density at radius 1 is 1.47 bits per heavy atom. The van der Waals surface area contributed by atoms with Crippen LogP contribution in [0.1, 0.15) is 18.2 Å². The molecule has 1 aromatic heterocycles. The van der Waals surface area contributed by atoms with Crippen molar-refractivity contribution in [2.75, 3.05) is 7.05 Å². The highest BCUT2D eigenvalue weighted by Crippen LogP contribution is 2.27. The lowest BCUT2D eigenvalue weighted by Crippen LogP contribution is -2.17. The second-order valence-electron chi connectivity index (χ2n) is 3.91. The normalized spacial score (nSPS) is 12.6. The van der Waals surface area contributed by atoms with E-state index in [0.717, 1.165) is 27.5 Å². The van der Waals surface area contributed by atoms with Gasteiger partial charge < -0.3 is 5.32 Å². The Morgan fingerprint density at radius 2 is 2.24 bits per heavy atom. The zero-order valence-electron chi connectivity index (χ0n) is 9.78. The number of rotatable bonds is 4. The Labute approximate surface area is 110 Å². The number of hydrogen-bond donors (Lipinski definition) is 1. The SMILES string of the molecule is C=CCC(NC)c1nc2ccccc2cc1Br. The van der Waals surface area contributed by atoms with Gasteiger partial charge in [0.05, 0.1) is 17.3 Å². The summed E-state index contributed by atoms with van der Waals surface area (Å²) in [4.78, 5) is 4.71. The largest absolute Gasteiger partial charge is 0.311 e. The fourth-order valence-corrected chi connectivity index (χ4v) is 2.49. The van der Waals surface area contributed by atoms with Crippen molar-refractivity contribution < 1.29 is 0 Å². The van der Waals surface area contributed by atoms with Gasteiger partial charge in [0.2, 0.25) is 0 Å². The van der Waals surface area contributed by atoms with E-state index in [0.29, 0.717) is 0 Å². The highest BCUT2D eigenvalue weighted by molar-refractivity contribution is 9.10. The number of halogens is 1. The van der Waals surface area contributed by atoms with Crippen molar-refractivity contribution in [1.29, 1.82) is 0 Å². The lowest BCUT2D eigenvalue weighted by molar-refractivity contribution is 0.586. The van der Waals surface area contributed by atoms with Crippen molar-refractivity contribution in [3.8, 4) is 0 Å². The molecule has 2 rings (SSSR count). The molecule has 17 heavy (non-hydrogen) atoms. The summed E-state index contributed by atoms with van der Waals surface area (Å²) in [6, 6.07) is 10.5. The highest BCUT2D eigenvalue weighted by Gasteiger charge is 2.13. The number of pyridine rings is 1. The van der Waals surface area contributed by atoms with E-state index >= 15 is 0 Å². The molecule has 0 spiro atoms. The van der Waals surface area contributed by atoms with Gasteiger partial charge in [-0.3, -0.25) is 0 Å². The van der Waals surface area contributed by atoms with Crippen LogP contribution in [0.15, 0.2) is 47.5 Å². The summed E-state index contributed by atoms with van der Waals surface area (Å²) in [5.74, 6) is 0. The molecule has 2 aromatic rings. The molecule has 1 atom stereocenters. The molecular formula is C14H15BrN2. The Hall–Kier alpha value is -1.19. The van der Waals surface area contributed by atoms with Crippen LogP contribution >= 0.6 is 15.9 Å². The first-order chi connectivity index (χ1) is 8.26. The molecule has 0 saturated heterocycles. The van der Waals surface area contributed by atoms with Gasteiger partial charge in [-0.05, 0) is 41.5 Å². The zero-order valence-corrected chi connectivity index (χ0v) is 11.4. The van der Waals surface area contributed by atoms with Crippen LogP contribution < -0.4 is 5.32 Å². The maximum Gasteiger partial charge on any atom is 0.0725 e. The molecule has 1 aromatic carbocycles. The van der Waals surface area contributed by atoms with Crippen molar-refractivity contribution in [2.45, 2.75) is 12.5 Å². The number of aromatic nitrogens is 1. The summed E-state index contributed by atoms with van der Waals surface area (Å²) in [7, 11) is 1.94. The van der Waals surface area contributed by atoms with Crippen molar-refractivity contribution >= 4 is 26.8 Å². The predicted molar refractivity (Wildman–Crippen MR) is 76.1 cm³/mol. The third-order valence-corrected chi connectivity index (χ3v) is 3.42. The average molecular weight is 291 g/mol. The van der Waals surface area contributed by atoms with E-state index in [1.807, 2.05) is 31.3 Å². The summed E-state index contributed by atoms with van der Waals surface area (Å²) < 4.78 is 1.04. The van der Waals surface area contributed by atoms with Gasteiger partial charge in [-0.15, -0.1) is 6.58 Å². The highest BCUT2D eigenvalue weighted by atomic mass is 79.9. The van der Waals surface area contributed by atoms with Gasteiger partial charge in [-0.2, -0.15) is 0 Å². The number of nitrogens with one attached hydrogen (secondary N) is 1. The molecular weight excluding hydrogens is 276 g/mol. The fraction of sp³-hybridized carbons (Fsp3) is 0.214. The number of fused-ring (bicyclic) bond motifs is 1. The maximum absolute atomic E-state index is 4.71. The van der Waals surface area contributed by atoms with Crippen molar-refractivity contribution in [2.24, 2.45) is 0 Å². The topological polar surface area (TPSA) is 24.9 Å². The number of benzene rings is 1. The van der Waals surface area contributed by atoms with E-state index in [1.165, 1.54) is 0 Å². The molecule has 0 aliphatic carbocycles. The first kappa shape index (κ1) is 12.3. The quantitative estimate of drug-likeness (QED) is 0.866. The minimum absolute atomic E-state index is 0.200. The molecule has 0 aliphatic rings. The fourth-order valence-electron chi connectivity index (χ4n) is 1.88. The Kier molecular flexibility index (Phi) is 3.92. The van der Waals surface area contributed by atoms with E-state index < -0.39 is 0 Å². The molecule has 1 N–H and O–H groups in total. The van der Waals surface area contributed by atoms with Crippen LogP contribution in [-0.4, -0.2) is 12.0 Å². The van der Waals surface area contributed by atoms with Crippen LogP contribution in [0.4, 0.5) is 0 Å². The minimum Gasteiger partial charge on any atom is -0.311 e. The Balaban J connectivity index is 2.52. The van der Waals surface area contributed by atoms with Crippen LogP contribution in [0.3, 0.4) is 0 Å². The van der Waals surface area contributed by atoms with Crippen LogP contribution in [0.5, 0.6) is 0 Å². The summed E-state index contributed by atoms with van der Waals surface area (Å²) in [6.07, 6.45) is 2.77. The Bertz CT molecular complexity index is 537. The number of hydrogen-bond acceptors (Lipinski definition) is 2. The molecule has 0 radical (unpaired) electrons. The van der Waals surface area contributed by atoms with Crippen molar-refractivity contribution in [3.63, 3.8) is 0 Å². The van der Waals surface area contributed by atoms with Crippen LogP contribution in [0, 0.1) is 0 Å². The molecule has 0 bridgehead atoms. The van der Waals surface area contributed by atoms with Crippen LogP contribution in [0.25, 0.3) is 10.9 Å². The van der Waals surface area contributed by atoms with Gasteiger partial charge in [0.25, 0.3) is 0 Å². The minimum atomic E-state index is 0.200. The van der Waals surface area contributed by atoms with Gasteiger partial charge in [-0.25, -0.2) is 4.98 Å². The lowest BCUT2D eigenvalue weighted by atomic mass is 10.1. The van der Waals surface area contributed by atoms with Crippen LogP contribution in [-0.2, 0) is 0 Å². The molecule has 1 unspecified atom stereocenters. The van der Waals surface area contributed by atoms with Gasteiger partial charge in [0, 0.05) is 9.86 Å². The van der Waals surface area contributed by atoms with Gasteiger partial charge in [0.15, 0.2) is 0 Å². The van der Waals surface area contributed by atoms with E-state index in [4.69, 9.17) is 4.98 Å². The Morgan fingerprint density at radius 3 is 2.94 bits per heavy atom. The summed E-state index contributed by atoms with van der Waals surface area (Å²) in [5.41, 5.74) is 2.06. The third kappa shape index (κ3) is 2.56. The summed E-state index contributed by atoms with van der Waals surface area (Å²) in [6.45, 7) is 3.78. The monoisotopic (exact) mass is 290 g/mol. The third-order valence-electron chi connectivity index (χ3n) is 2.79. The molecule has 88 valence electrons. The first-order valence-electron chi connectivity index (χ1n) is 5.59. The number of para-hydroxylation sites is 1. The summed E-state index contributed by atoms with van der Waals surface area (Å²) >= 11 is 3.59. The smallest absolute Gasteiger partial charge is 0.0725 e. The molecule has 1 heterocycles. The maximum atomic E-state index is 4.71. The van der Waals surface area contributed by atoms with Crippen molar-refractivity contribution in [3.05, 3.63) is 53.2 Å². The lowest BCUT2D eigenvalue weighted by Gasteiger charge is -2.16. The van der Waals surface area contributed by atoms with Gasteiger partial charge >= 0.3 is 0 Å². The molecule has 0 saturated carbocycles. The second kappa shape index (κ2) is 5.43. The second-order valence-corrected chi connectivity index (χ2v) is 4.77. The standard InChI is InChI=1S/C14H15BrN2/c1-3-6-13(16-2)14-11(15)9-10-7-4-5-8-12(10)17-14/h3-5,7-9,13,16H,1,6H2,2H3. The molecule has 0 amide bonds. The van der Waals surface area contributed by atoms with E-state index in [2.05, 4.69) is 40.0 Å². The van der Waals surface area contributed by atoms with E-state index in [-0.39, 0.29) is 6.04 Å². The predicted octanol–water partition coefficient (Wildman–Crippen LogP) is 3.83. The van der Waals surface area contributed by atoms with Crippen molar-refractivity contribution in [1.82, 2.24) is 10.3 Å². The van der Waals surface area contributed by atoms with Gasteiger partial charge in [0.1, 0.15) is 0 Å². The number of nitrogens with zero attached hydrogens (tertiary/aromatic N) is 1. The van der Waals surface area contributed by atoms with E-state index in [1.54, 1.807) is 0 Å².